The quantitative estimate of drug-likeness (QED) is 0.231. The van der Waals surface area contributed by atoms with E-state index in [0.29, 0.717) is 6.42 Å². The normalized spacial score (nSPS) is 16.7. The van der Waals surface area contributed by atoms with Gasteiger partial charge in [0.25, 0.3) is 0 Å². The smallest absolute Gasteiger partial charge is 0.306 e. The first kappa shape index (κ1) is 32.1. The van der Waals surface area contributed by atoms with Gasteiger partial charge in [-0.05, 0) is 63.1 Å². The highest BCUT2D eigenvalue weighted by Crippen LogP contribution is 2.34. The predicted molar refractivity (Wildman–Crippen MR) is 153 cm³/mol. The zero-order valence-corrected chi connectivity index (χ0v) is 24.9. The van der Waals surface area contributed by atoms with Gasteiger partial charge in [-0.15, -0.1) is 11.3 Å². The van der Waals surface area contributed by atoms with Crippen molar-refractivity contribution in [2.75, 3.05) is 14.2 Å². The number of aromatic nitrogens is 1. The van der Waals surface area contributed by atoms with Crippen LogP contribution in [0.15, 0.2) is 29.8 Å². The van der Waals surface area contributed by atoms with Crippen molar-refractivity contribution >= 4 is 33.3 Å². The molecule has 0 saturated heterocycles. The van der Waals surface area contributed by atoms with Crippen LogP contribution < -0.4 is 0 Å². The van der Waals surface area contributed by atoms with E-state index in [0.717, 1.165) is 40.1 Å². The molecule has 0 aliphatic carbocycles. The Bertz CT molecular complexity index is 1110. The first-order valence-corrected chi connectivity index (χ1v) is 14.2. The second-order valence-corrected chi connectivity index (χ2v) is 12.3. The van der Waals surface area contributed by atoms with E-state index in [4.69, 9.17) is 9.47 Å². The summed E-state index contributed by atoms with van der Waals surface area (Å²) in [6.07, 6.45) is 3.62. The lowest BCUT2D eigenvalue weighted by Gasteiger charge is -2.36. The summed E-state index contributed by atoms with van der Waals surface area (Å²) >= 11 is 1.64. The minimum Gasteiger partial charge on any atom is -0.481 e. The summed E-state index contributed by atoms with van der Waals surface area (Å²) in [4.78, 5) is 29.1. The number of aliphatic hydroxyl groups is 1. The van der Waals surface area contributed by atoms with Crippen LogP contribution in [-0.4, -0.2) is 53.4 Å². The van der Waals surface area contributed by atoms with E-state index in [1.807, 2.05) is 32.0 Å². The number of hydrogen-bond acceptors (Lipinski definition) is 7. The number of ketones is 1. The summed E-state index contributed by atoms with van der Waals surface area (Å²) in [5.41, 5.74) is 2.15. The summed E-state index contributed by atoms with van der Waals surface area (Å²) in [6.45, 7) is 11.5. The summed E-state index contributed by atoms with van der Waals surface area (Å²) in [5.74, 6) is -1.30. The second kappa shape index (κ2) is 14.3. The topological polar surface area (TPSA) is 106 Å². The van der Waals surface area contributed by atoms with Crippen LogP contribution in [0.25, 0.3) is 10.2 Å². The van der Waals surface area contributed by atoms with Crippen molar-refractivity contribution in [3.63, 3.8) is 0 Å². The predicted octanol–water partition coefficient (Wildman–Crippen LogP) is 6.52. The van der Waals surface area contributed by atoms with Crippen LogP contribution in [-0.2, 0) is 19.1 Å². The van der Waals surface area contributed by atoms with E-state index in [9.17, 15) is 19.8 Å². The molecule has 7 nitrogen and oxygen atoms in total. The molecule has 38 heavy (non-hydrogen) atoms. The van der Waals surface area contributed by atoms with Gasteiger partial charge in [0.1, 0.15) is 5.78 Å². The molecule has 0 spiro atoms. The maximum atomic E-state index is 13.4. The molecule has 0 bridgehead atoms. The molecule has 1 heterocycles. The molecule has 0 fully saturated rings. The van der Waals surface area contributed by atoms with E-state index < -0.39 is 29.5 Å². The molecule has 0 aliphatic rings. The van der Waals surface area contributed by atoms with Crippen LogP contribution in [0.2, 0.25) is 0 Å². The first-order valence-electron chi connectivity index (χ1n) is 13.3. The van der Waals surface area contributed by atoms with E-state index in [1.165, 1.54) is 12.7 Å². The Kier molecular flexibility index (Phi) is 12.1. The molecular formula is C30H45NO6S. The van der Waals surface area contributed by atoms with Gasteiger partial charge in [0.2, 0.25) is 0 Å². The maximum Gasteiger partial charge on any atom is 0.306 e. The zero-order valence-electron chi connectivity index (χ0n) is 24.1. The van der Waals surface area contributed by atoms with Gasteiger partial charge >= 0.3 is 5.97 Å². The molecule has 2 rings (SSSR count). The number of fused-ring (bicyclic) bond motifs is 1. The number of aryl methyl sites for hydroxylation is 1. The third-order valence-corrected chi connectivity index (χ3v) is 8.58. The molecule has 0 saturated carbocycles. The Balaban J connectivity index is 1.90. The lowest BCUT2D eigenvalue weighted by atomic mass is 9.72. The number of rotatable bonds is 16. The largest absolute Gasteiger partial charge is 0.481 e. The van der Waals surface area contributed by atoms with Gasteiger partial charge in [-0.3, -0.25) is 9.59 Å². The number of carbonyl (C=O) groups is 2. The van der Waals surface area contributed by atoms with Crippen molar-refractivity contribution in [3.8, 4) is 0 Å². The lowest BCUT2D eigenvalue weighted by molar-refractivity contribution is -0.150. The maximum absolute atomic E-state index is 13.4. The number of aliphatic hydroxyl groups excluding tert-OH is 1. The van der Waals surface area contributed by atoms with E-state index in [-0.39, 0.29) is 24.2 Å². The number of methoxy groups -OCH3 is 2. The summed E-state index contributed by atoms with van der Waals surface area (Å²) < 4.78 is 12.2. The van der Waals surface area contributed by atoms with Gasteiger partial charge < -0.3 is 19.7 Å². The Labute approximate surface area is 231 Å². The number of carboxylic acid groups (broad SMARTS) is 1. The van der Waals surface area contributed by atoms with Crippen LogP contribution in [0, 0.1) is 24.2 Å². The van der Waals surface area contributed by atoms with E-state index in [2.05, 4.69) is 24.9 Å². The SMILES string of the molecule is COC(C(C)CCC/C(C)=C\C[C@H](O)c1ccc2nc(C)sc2c1)C(C)C(=O)C(C)(C)C(CC(=O)O)OC. The third-order valence-electron chi connectivity index (χ3n) is 7.65. The van der Waals surface area contributed by atoms with E-state index >= 15 is 0 Å². The zero-order chi connectivity index (χ0) is 28.6. The summed E-state index contributed by atoms with van der Waals surface area (Å²) in [7, 11) is 3.07. The van der Waals surface area contributed by atoms with Crippen LogP contribution in [0.4, 0.5) is 0 Å². The van der Waals surface area contributed by atoms with Gasteiger partial charge in [-0.25, -0.2) is 4.98 Å². The van der Waals surface area contributed by atoms with Crippen LogP contribution in [0.3, 0.4) is 0 Å². The van der Waals surface area contributed by atoms with Gasteiger partial charge in [0.05, 0.1) is 45.4 Å². The molecule has 0 aliphatic heterocycles. The number of aliphatic carboxylic acids is 1. The second-order valence-electron chi connectivity index (χ2n) is 11.0. The van der Waals surface area contributed by atoms with Crippen molar-refractivity contribution in [1.29, 1.82) is 0 Å². The van der Waals surface area contributed by atoms with Gasteiger partial charge in [-0.1, -0.05) is 45.4 Å². The standard InChI is InChI=1S/C30H45NO6S/c1-18(12-15-24(32)22-13-14-23-25(16-22)38-21(4)31-23)10-9-11-19(2)28(37-8)20(3)29(35)30(5,6)26(36-7)17-27(33)34/h12-14,16,19-20,24,26,28,32H,9-11,15,17H2,1-8H3,(H,33,34)/b18-12-/t19?,20?,24-,26?,28?/m0/s1. The van der Waals surface area contributed by atoms with Crippen molar-refractivity contribution in [2.45, 2.75) is 92.0 Å². The average Bonchev–Trinajstić information content (AvgIpc) is 3.24. The van der Waals surface area contributed by atoms with Crippen molar-refractivity contribution in [1.82, 2.24) is 4.98 Å². The van der Waals surface area contributed by atoms with Gasteiger partial charge in [-0.2, -0.15) is 0 Å². The summed E-state index contributed by atoms with van der Waals surface area (Å²) in [5, 5.41) is 20.9. The Morgan fingerprint density at radius 2 is 1.87 bits per heavy atom. The lowest BCUT2D eigenvalue weighted by Crippen LogP contribution is -2.46. The highest BCUT2D eigenvalue weighted by atomic mass is 32.1. The van der Waals surface area contributed by atoms with Crippen molar-refractivity contribution in [3.05, 3.63) is 40.4 Å². The fourth-order valence-corrected chi connectivity index (χ4v) is 6.17. The fourth-order valence-electron chi connectivity index (χ4n) is 5.30. The molecule has 1 aromatic heterocycles. The fraction of sp³-hybridized carbons (Fsp3) is 0.633. The molecular weight excluding hydrogens is 502 g/mol. The van der Waals surface area contributed by atoms with E-state index in [1.54, 1.807) is 32.3 Å². The molecule has 2 N–H and O–H groups in total. The van der Waals surface area contributed by atoms with Crippen molar-refractivity contribution in [2.24, 2.45) is 17.3 Å². The summed E-state index contributed by atoms with van der Waals surface area (Å²) in [6, 6.07) is 5.94. The number of ether oxygens (including phenoxy) is 2. The highest BCUT2D eigenvalue weighted by Gasteiger charge is 2.43. The van der Waals surface area contributed by atoms with Crippen LogP contribution in [0.1, 0.15) is 83.4 Å². The minimum absolute atomic E-state index is 0.0546. The molecule has 212 valence electrons. The Morgan fingerprint density at radius 1 is 1.18 bits per heavy atom. The van der Waals surface area contributed by atoms with Gasteiger partial charge in [0, 0.05) is 20.1 Å². The number of benzene rings is 1. The molecule has 5 atom stereocenters. The number of hydrogen-bond donors (Lipinski definition) is 2. The van der Waals surface area contributed by atoms with Crippen molar-refractivity contribution < 1.29 is 29.3 Å². The molecule has 8 heteroatoms. The number of carboxylic acids is 1. The number of thiazole rings is 1. The van der Waals surface area contributed by atoms with Crippen LogP contribution in [0.5, 0.6) is 0 Å². The number of nitrogens with zero attached hydrogens (tertiary/aromatic N) is 1. The Hall–Kier alpha value is -2.13. The molecule has 1 aromatic carbocycles. The number of Topliss-reactive ketones (excluding diaryl/α,β-unsaturated/α-hetero) is 1. The first-order chi connectivity index (χ1) is 17.8. The molecule has 2 aromatic rings. The highest BCUT2D eigenvalue weighted by molar-refractivity contribution is 7.18. The molecule has 4 unspecified atom stereocenters. The van der Waals surface area contributed by atoms with Gasteiger partial charge in [0.15, 0.2) is 0 Å². The monoisotopic (exact) mass is 547 g/mol. The Morgan fingerprint density at radius 3 is 2.47 bits per heavy atom. The number of carbonyl (C=O) groups excluding carboxylic acids is 1. The average molecular weight is 548 g/mol. The number of allylic oxidation sites excluding steroid dienone is 1. The molecule has 0 radical (unpaired) electrons. The minimum atomic E-state index is -0.992. The molecule has 0 amide bonds. The van der Waals surface area contributed by atoms with Crippen LogP contribution >= 0.6 is 11.3 Å². The third kappa shape index (κ3) is 8.43.